The highest BCUT2D eigenvalue weighted by molar-refractivity contribution is 6.08. The van der Waals surface area contributed by atoms with Gasteiger partial charge in [-0.2, -0.15) is 0 Å². The minimum absolute atomic E-state index is 0.0271. The number of hydrogen-bond donors (Lipinski definition) is 0. The van der Waals surface area contributed by atoms with Crippen LogP contribution in [0.1, 0.15) is 18.1 Å². The Labute approximate surface area is 229 Å². The molecule has 5 heteroatoms. The summed E-state index contributed by atoms with van der Waals surface area (Å²) in [5, 5.41) is 11.9. The fourth-order valence-electron chi connectivity index (χ4n) is 4.75. The van der Waals surface area contributed by atoms with Crippen molar-refractivity contribution in [2.75, 3.05) is 19.0 Å². The Kier molecular flexibility index (Phi) is 7.17. The Balaban J connectivity index is 1.45. The lowest BCUT2D eigenvalue weighted by Crippen LogP contribution is -2.07. The minimum atomic E-state index is 0.0271. The lowest BCUT2D eigenvalue weighted by atomic mass is 10.1. The monoisotopic (exact) mass is 508 g/mol. The number of ether oxygens (including phenoxy) is 1. The summed E-state index contributed by atoms with van der Waals surface area (Å²) in [7, 11) is 4.01. The molecule has 3 aromatic carbocycles. The van der Waals surface area contributed by atoms with Crippen LogP contribution in [0.2, 0.25) is 0 Å². The minimum Gasteiger partial charge on any atom is -0.457 e. The lowest BCUT2D eigenvalue weighted by molar-refractivity contribution is 0.332. The van der Waals surface area contributed by atoms with E-state index in [0.29, 0.717) is 17.1 Å². The molecular formula is C34H28N4O. The number of benzene rings is 3. The Morgan fingerprint density at radius 1 is 0.897 bits per heavy atom. The maximum Gasteiger partial charge on any atom is 0.269 e. The van der Waals surface area contributed by atoms with Crippen LogP contribution in [0.5, 0.6) is 0 Å². The Morgan fingerprint density at radius 2 is 1.54 bits per heavy atom. The third-order valence-electron chi connectivity index (χ3n) is 6.72. The first kappa shape index (κ1) is 25.4. The van der Waals surface area contributed by atoms with E-state index >= 15 is 0 Å². The van der Waals surface area contributed by atoms with Gasteiger partial charge in [0.25, 0.3) is 5.70 Å². The zero-order chi connectivity index (χ0) is 27.4. The number of hydrogen-bond acceptors (Lipinski definition) is 3. The van der Waals surface area contributed by atoms with Gasteiger partial charge in [0.15, 0.2) is 0 Å². The number of fused-ring (bicyclic) bond motifs is 3. The summed E-state index contributed by atoms with van der Waals surface area (Å²) in [5.74, 6) is 1.12. The molecule has 0 radical (unpaired) electrons. The molecule has 5 rings (SSSR count). The van der Waals surface area contributed by atoms with Gasteiger partial charge in [0.1, 0.15) is 11.5 Å². The van der Waals surface area contributed by atoms with Gasteiger partial charge >= 0.3 is 0 Å². The van der Waals surface area contributed by atoms with E-state index in [1.54, 1.807) is 12.2 Å². The van der Waals surface area contributed by atoms with E-state index < -0.39 is 0 Å². The van der Waals surface area contributed by atoms with Crippen LogP contribution in [-0.2, 0) is 11.3 Å². The SMILES string of the molecule is [C-]#[N+]C(C#N)=C1C=C(C=Cc2ccc(N(C)C)cc2)OC(C=Cc2ccc3c(c2)c2ccccc2n3CC)=C1. The highest BCUT2D eigenvalue weighted by atomic mass is 16.5. The van der Waals surface area contributed by atoms with Crippen LogP contribution in [-0.4, -0.2) is 18.7 Å². The van der Waals surface area contributed by atoms with E-state index in [9.17, 15) is 5.26 Å². The molecule has 0 atom stereocenters. The summed E-state index contributed by atoms with van der Waals surface area (Å²) in [5.41, 5.74) is 6.17. The summed E-state index contributed by atoms with van der Waals surface area (Å²) >= 11 is 0. The van der Waals surface area contributed by atoms with Gasteiger partial charge in [-0.25, -0.2) is 10.1 Å². The molecule has 2 heterocycles. The summed E-state index contributed by atoms with van der Waals surface area (Å²) in [6, 6.07) is 25.1. The topological polar surface area (TPSA) is 45.6 Å². The van der Waals surface area contributed by atoms with Crippen LogP contribution in [0.25, 0.3) is 38.8 Å². The first-order chi connectivity index (χ1) is 19.0. The van der Waals surface area contributed by atoms with Crippen molar-refractivity contribution in [3.63, 3.8) is 0 Å². The number of para-hydroxylation sites is 1. The molecule has 1 aromatic heterocycles. The third-order valence-corrected chi connectivity index (χ3v) is 6.72. The second-order valence-electron chi connectivity index (χ2n) is 9.41. The van der Waals surface area contributed by atoms with E-state index in [-0.39, 0.29) is 5.70 Å². The molecule has 0 saturated carbocycles. The van der Waals surface area contributed by atoms with Gasteiger partial charge in [0.2, 0.25) is 0 Å². The first-order valence-electron chi connectivity index (χ1n) is 12.8. The molecule has 0 amide bonds. The average Bonchev–Trinajstić information content (AvgIpc) is 3.29. The van der Waals surface area contributed by atoms with Crippen molar-refractivity contribution in [3.8, 4) is 6.07 Å². The number of aryl methyl sites for hydroxylation is 1. The smallest absolute Gasteiger partial charge is 0.269 e. The number of rotatable bonds is 6. The maximum absolute atomic E-state index is 9.48. The van der Waals surface area contributed by atoms with Gasteiger partial charge in [-0.3, -0.25) is 0 Å². The third kappa shape index (κ3) is 5.25. The Morgan fingerprint density at radius 3 is 2.18 bits per heavy atom. The summed E-state index contributed by atoms with van der Waals surface area (Å²) in [6.07, 6.45) is 11.2. The second kappa shape index (κ2) is 11.0. The molecule has 5 nitrogen and oxygen atoms in total. The van der Waals surface area contributed by atoms with Crippen molar-refractivity contribution in [3.05, 3.63) is 136 Å². The highest BCUT2D eigenvalue weighted by Crippen LogP contribution is 2.31. The molecular weight excluding hydrogens is 480 g/mol. The molecule has 39 heavy (non-hydrogen) atoms. The van der Waals surface area contributed by atoms with Crippen LogP contribution in [0, 0.1) is 17.9 Å². The van der Waals surface area contributed by atoms with Gasteiger partial charge < -0.3 is 14.2 Å². The van der Waals surface area contributed by atoms with Crippen LogP contribution in [0.15, 0.2) is 114 Å². The predicted octanol–water partition coefficient (Wildman–Crippen LogP) is 8.10. The van der Waals surface area contributed by atoms with Crippen molar-refractivity contribution in [2.45, 2.75) is 13.5 Å². The van der Waals surface area contributed by atoms with E-state index in [1.807, 2.05) is 61.5 Å². The molecule has 1 aliphatic rings. The van der Waals surface area contributed by atoms with Crippen molar-refractivity contribution in [1.29, 1.82) is 5.26 Å². The predicted molar refractivity (Wildman–Crippen MR) is 160 cm³/mol. The molecule has 1 aliphatic heterocycles. The van der Waals surface area contributed by atoms with Crippen LogP contribution < -0.4 is 4.90 Å². The Hall–Kier alpha value is -5.26. The number of aromatic nitrogens is 1. The van der Waals surface area contributed by atoms with Gasteiger partial charge in [0.05, 0.1) is 12.6 Å². The zero-order valence-electron chi connectivity index (χ0n) is 22.2. The van der Waals surface area contributed by atoms with Crippen LogP contribution >= 0.6 is 0 Å². The molecule has 0 unspecified atom stereocenters. The molecule has 0 N–H and O–H groups in total. The standard InChI is InChI=1S/C34H28N4O/c1-5-38-33-9-7-6-8-30(33)31-20-25(14-19-34(31)38)13-18-29-22-26(32(23-35)36-2)21-28(39-29)17-12-24-10-15-27(16-11-24)37(3)4/h6-22H,5H2,1,3-4H3. The fourth-order valence-corrected chi connectivity index (χ4v) is 4.75. The van der Waals surface area contributed by atoms with Crippen molar-refractivity contribution < 1.29 is 4.74 Å². The molecule has 0 saturated heterocycles. The number of nitriles is 1. The fraction of sp³-hybridized carbons (Fsp3) is 0.118. The van der Waals surface area contributed by atoms with Crippen molar-refractivity contribution >= 4 is 39.6 Å². The molecule has 4 aromatic rings. The second-order valence-corrected chi connectivity index (χ2v) is 9.41. The van der Waals surface area contributed by atoms with Gasteiger partial charge in [-0.15, -0.1) is 0 Å². The maximum atomic E-state index is 9.48. The summed E-state index contributed by atoms with van der Waals surface area (Å²) in [6.45, 7) is 10.5. The van der Waals surface area contributed by atoms with Crippen molar-refractivity contribution in [2.24, 2.45) is 0 Å². The zero-order valence-corrected chi connectivity index (χ0v) is 22.2. The molecule has 0 aliphatic carbocycles. The number of allylic oxidation sites excluding steroid dienone is 6. The largest absolute Gasteiger partial charge is 0.457 e. The average molecular weight is 509 g/mol. The molecule has 190 valence electrons. The van der Waals surface area contributed by atoms with E-state index in [2.05, 4.69) is 70.9 Å². The van der Waals surface area contributed by atoms with E-state index in [1.165, 1.54) is 21.8 Å². The van der Waals surface area contributed by atoms with Gasteiger partial charge in [-0.1, -0.05) is 48.6 Å². The quantitative estimate of drug-likeness (QED) is 0.195. The highest BCUT2D eigenvalue weighted by Gasteiger charge is 2.13. The van der Waals surface area contributed by atoms with Crippen molar-refractivity contribution in [1.82, 2.24) is 4.57 Å². The normalized spacial score (nSPS) is 14.7. The molecule has 0 fully saturated rings. The molecule has 0 spiro atoms. The van der Waals surface area contributed by atoms with Crippen LogP contribution in [0.4, 0.5) is 5.69 Å². The number of nitrogens with zero attached hydrogens (tertiary/aromatic N) is 4. The number of anilines is 1. The van der Waals surface area contributed by atoms with Crippen LogP contribution in [0.3, 0.4) is 0 Å². The summed E-state index contributed by atoms with van der Waals surface area (Å²) < 4.78 is 8.46. The van der Waals surface area contributed by atoms with E-state index in [0.717, 1.165) is 23.4 Å². The Bertz CT molecular complexity index is 1780. The first-order valence-corrected chi connectivity index (χ1v) is 12.8. The molecule has 0 bridgehead atoms. The van der Waals surface area contributed by atoms with Gasteiger partial charge in [0, 0.05) is 48.1 Å². The van der Waals surface area contributed by atoms with Gasteiger partial charge in [-0.05, 0) is 78.3 Å². The van der Waals surface area contributed by atoms with E-state index in [4.69, 9.17) is 11.3 Å². The summed E-state index contributed by atoms with van der Waals surface area (Å²) in [4.78, 5) is 5.45. The lowest BCUT2D eigenvalue weighted by Gasteiger charge is -2.14.